The van der Waals surface area contributed by atoms with Crippen LogP contribution in [0.3, 0.4) is 0 Å². The molecule has 0 spiro atoms. The third-order valence-electron chi connectivity index (χ3n) is 2.72. The van der Waals surface area contributed by atoms with Crippen molar-refractivity contribution in [1.29, 1.82) is 0 Å². The summed E-state index contributed by atoms with van der Waals surface area (Å²) in [6, 6.07) is 12.4. The Hall–Kier alpha value is -2.09. The smallest absolute Gasteiger partial charge is 0.0471 e. The van der Waals surface area contributed by atoms with E-state index in [9.17, 15) is 0 Å². The minimum absolute atomic E-state index is 0.881. The zero-order valence-electron chi connectivity index (χ0n) is 10.0. The Kier molecular flexibility index (Phi) is 3.55. The third-order valence-corrected chi connectivity index (χ3v) is 2.72. The summed E-state index contributed by atoms with van der Waals surface area (Å²) in [5.74, 6) is 0. The summed E-state index contributed by atoms with van der Waals surface area (Å²) in [5.41, 5.74) is 3.51. The van der Waals surface area contributed by atoms with Crippen LogP contribution in [0.25, 0.3) is 6.08 Å². The summed E-state index contributed by atoms with van der Waals surface area (Å²) in [5, 5.41) is 0. The number of hydrogen-bond acceptors (Lipinski definition) is 2. The van der Waals surface area contributed by atoms with Gasteiger partial charge in [-0.15, -0.1) is 0 Å². The summed E-state index contributed by atoms with van der Waals surface area (Å²) in [4.78, 5) is 6.31. The molecule has 2 rings (SSSR count). The van der Waals surface area contributed by atoms with Gasteiger partial charge in [0.25, 0.3) is 0 Å². The average Bonchev–Trinajstić information content (AvgIpc) is 2.40. The highest BCUT2D eigenvalue weighted by Gasteiger charge is 2.05. The van der Waals surface area contributed by atoms with Gasteiger partial charge in [-0.25, -0.2) is 0 Å². The van der Waals surface area contributed by atoms with E-state index in [0.717, 1.165) is 17.8 Å². The molecule has 0 radical (unpaired) electrons. The van der Waals surface area contributed by atoms with Crippen LogP contribution in [-0.2, 0) is 6.54 Å². The number of rotatable bonds is 4. The lowest BCUT2D eigenvalue weighted by atomic mass is 10.1. The fourth-order valence-electron chi connectivity index (χ4n) is 1.85. The highest BCUT2D eigenvalue weighted by Crippen LogP contribution is 2.20. The van der Waals surface area contributed by atoms with Gasteiger partial charge in [0.2, 0.25) is 0 Å². The van der Waals surface area contributed by atoms with Crippen molar-refractivity contribution in [3.63, 3.8) is 0 Å². The van der Waals surface area contributed by atoms with E-state index in [1.165, 1.54) is 5.56 Å². The number of benzene rings is 1. The maximum atomic E-state index is 4.11. The Bertz CT molecular complexity index is 491. The molecular weight excluding hydrogens is 208 g/mol. The van der Waals surface area contributed by atoms with Crippen molar-refractivity contribution in [2.45, 2.75) is 6.54 Å². The molecule has 0 N–H and O–H groups in total. The van der Waals surface area contributed by atoms with Crippen molar-refractivity contribution >= 4 is 11.8 Å². The first-order valence-electron chi connectivity index (χ1n) is 5.63. The number of pyridine rings is 1. The van der Waals surface area contributed by atoms with E-state index in [1.54, 1.807) is 0 Å². The molecule has 1 heterocycles. The topological polar surface area (TPSA) is 16.1 Å². The summed E-state index contributed by atoms with van der Waals surface area (Å²) in [6.45, 7) is 4.70. The van der Waals surface area contributed by atoms with Crippen molar-refractivity contribution < 1.29 is 0 Å². The number of nitrogens with zero attached hydrogens (tertiary/aromatic N) is 2. The van der Waals surface area contributed by atoms with Crippen molar-refractivity contribution in [3.05, 3.63) is 66.5 Å². The third kappa shape index (κ3) is 2.72. The molecule has 2 aromatic rings. The molecule has 0 unspecified atom stereocenters. The second kappa shape index (κ2) is 5.30. The molecule has 0 atom stereocenters. The molecule has 0 bridgehead atoms. The first-order valence-corrected chi connectivity index (χ1v) is 5.63. The van der Waals surface area contributed by atoms with Crippen molar-refractivity contribution in [1.82, 2.24) is 4.98 Å². The molecule has 2 heteroatoms. The van der Waals surface area contributed by atoms with E-state index in [0.29, 0.717) is 0 Å². The molecule has 2 nitrogen and oxygen atoms in total. The van der Waals surface area contributed by atoms with Crippen LogP contribution in [0.5, 0.6) is 0 Å². The van der Waals surface area contributed by atoms with Crippen LogP contribution < -0.4 is 4.90 Å². The molecule has 0 saturated heterocycles. The van der Waals surface area contributed by atoms with Gasteiger partial charge < -0.3 is 4.90 Å². The van der Waals surface area contributed by atoms with Gasteiger partial charge in [0, 0.05) is 37.2 Å². The molecule has 17 heavy (non-hydrogen) atoms. The lowest BCUT2D eigenvalue weighted by Crippen LogP contribution is -2.17. The van der Waals surface area contributed by atoms with Gasteiger partial charge in [-0.3, -0.25) is 4.98 Å². The highest BCUT2D eigenvalue weighted by atomic mass is 15.1. The summed E-state index contributed by atoms with van der Waals surface area (Å²) in [6.07, 6.45) is 5.48. The van der Waals surface area contributed by atoms with Gasteiger partial charge in [0.15, 0.2) is 0 Å². The van der Waals surface area contributed by atoms with Crippen LogP contribution in [0, 0.1) is 0 Å². The van der Waals surface area contributed by atoms with Crippen LogP contribution in [-0.4, -0.2) is 12.0 Å². The first kappa shape index (κ1) is 11.4. The lowest BCUT2D eigenvalue weighted by molar-refractivity contribution is 0.919. The standard InChI is InChI=1S/C15H16N2/c1-3-14-11-16-10-9-15(14)17(2)12-13-7-5-4-6-8-13/h3-11H,1,12H2,2H3. The van der Waals surface area contributed by atoms with E-state index in [2.05, 4.69) is 47.8 Å². The van der Waals surface area contributed by atoms with Gasteiger partial charge >= 0.3 is 0 Å². The summed E-state index contributed by atoms with van der Waals surface area (Å²) < 4.78 is 0. The first-order chi connectivity index (χ1) is 8.31. The van der Waals surface area contributed by atoms with Crippen LogP contribution >= 0.6 is 0 Å². The van der Waals surface area contributed by atoms with Gasteiger partial charge in [-0.1, -0.05) is 43.0 Å². The van der Waals surface area contributed by atoms with Gasteiger partial charge in [0.05, 0.1) is 0 Å². The molecule has 86 valence electrons. The fraction of sp³-hybridized carbons (Fsp3) is 0.133. The molecule has 0 saturated carbocycles. The molecule has 0 aliphatic carbocycles. The maximum absolute atomic E-state index is 4.11. The van der Waals surface area contributed by atoms with Crippen LogP contribution in [0.2, 0.25) is 0 Å². The fourth-order valence-corrected chi connectivity index (χ4v) is 1.85. The van der Waals surface area contributed by atoms with Gasteiger partial charge in [-0.05, 0) is 11.6 Å². The van der Waals surface area contributed by atoms with Crippen LogP contribution in [0.1, 0.15) is 11.1 Å². The number of hydrogen-bond donors (Lipinski definition) is 0. The molecule has 0 fully saturated rings. The Morgan fingerprint density at radius 1 is 1.24 bits per heavy atom. The van der Waals surface area contributed by atoms with Crippen LogP contribution in [0.15, 0.2) is 55.4 Å². The summed E-state index contributed by atoms with van der Waals surface area (Å²) >= 11 is 0. The van der Waals surface area contributed by atoms with Crippen LogP contribution in [0.4, 0.5) is 5.69 Å². The molecule has 0 amide bonds. The molecule has 1 aromatic heterocycles. The monoisotopic (exact) mass is 224 g/mol. The predicted molar refractivity (Wildman–Crippen MR) is 72.9 cm³/mol. The van der Waals surface area contributed by atoms with Crippen molar-refractivity contribution in [3.8, 4) is 0 Å². The minimum atomic E-state index is 0.881. The van der Waals surface area contributed by atoms with E-state index < -0.39 is 0 Å². The molecule has 0 aliphatic rings. The zero-order chi connectivity index (χ0) is 12.1. The van der Waals surface area contributed by atoms with Crippen molar-refractivity contribution in [2.24, 2.45) is 0 Å². The zero-order valence-corrected chi connectivity index (χ0v) is 10.0. The largest absolute Gasteiger partial charge is 0.370 e. The average molecular weight is 224 g/mol. The minimum Gasteiger partial charge on any atom is -0.370 e. The van der Waals surface area contributed by atoms with E-state index in [-0.39, 0.29) is 0 Å². The van der Waals surface area contributed by atoms with Crippen molar-refractivity contribution in [2.75, 3.05) is 11.9 Å². The van der Waals surface area contributed by atoms with E-state index >= 15 is 0 Å². The Morgan fingerprint density at radius 2 is 2.00 bits per heavy atom. The maximum Gasteiger partial charge on any atom is 0.0471 e. The molecule has 0 aliphatic heterocycles. The highest BCUT2D eigenvalue weighted by molar-refractivity contribution is 5.65. The Labute approximate surface area is 102 Å². The summed E-state index contributed by atoms with van der Waals surface area (Å²) in [7, 11) is 2.08. The Morgan fingerprint density at radius 3 is 2.71 bits per heavy atom. The number of aromatic nitrogens is 1. The SMILES string of the molecule is C=Cc1cnccc1N(C)Cc1ccccc1. The quantitative estimate of drug-likeness (QED) is 0.791. The second-order valence-electron chi connectivity index (χ2n) is 3.98. The lowest BCUT2D eigenvalue weighted by Gasteiger charge is -2.21. The van der Waals surface area contributed by atoms with Gasteiger partial charge in [0.1, 0.15) is 0 Å². The second-order valence-corrected chi connectivity index (χ2v) is 3.98. The van der Waals surface area contributed by atoms with Gasteiger partial charge in [-0.2, -0.15) is 0 Å². The Balaban J connectivity index is 2.20. The molecule has 1 aromatic carbocycles. The number of anilines is 1. The normalized spacial score (nSPS) is 9.94. The van der Waals surface area contributed by atoms with E-state index in [1.807, 2.05) is 30.6 Å². The van der Waals surface area contributed by atoms with E-state index in [4.69, 9.17) is 0 Å². The molecular formula is C15H16N2. The predicted octanol–water partition coefficient (Wildman–Crippen LogP) is 3.36.